The van der Waals surface area contributed by atoms with Crippen LogP contribution in [0.2, 0.25) is 0 Å². The van der Waals surface area contributed by atoms with Crippen molar-refractivity contribution in [3.05, 3.63) is 54.1 Å². The number of aryl methyl sites for hydroxylation is 1. The van der Waals surface area contributed by atoms with Gasteiger partial charge >= 0.3 is 12.1 Å². The molecule has 0 aromatic carbocycles. The van der Waals surface area contributed by atoms with Gasteiger partial charge < -0.3 is 14.2 Å². The van der Waals surface area contributed by atoms with Gasteiger partial charge in [0.05, 0.1) is 19.3 Å². The summed E-state index contributed by atoms with van der Waals surface area (Å²) < 4.78 is 38.0. The molecule has 0 saturated carbocycles. The Balaban J connectivity index is 0.000000318. The Hall–Kier alpha value is -3.15. The largest absolute Gasteiger partial charge is 0.490 e. The first-order valence-electron chi connectivity index (χ1n) is 9.24. The van der Waals surface area contributed by atoms with Crippen LogP contribution in [0, 0.1) is 0 Å². The minimum Gasteiger partial charge on any atom is -0.475 e. The lowest BCUT2D eigenvalue weighted by Crippen LogP contribution is -2.23. The number of aromatic nitrogens is 6. The summed E-state index contributed by atoms with van der Waals surface area (Å²) in [7, 11) is 1.95. The van der Waals surface area contributed by atoms with Crippen LogP contribution in [0.3, 0.4) is 0 Å². The SMILES string of the molecule is Cn1cc(CN2CCCn3c(nnc3Cn3cccc3)C2)cn1.O=C(O)C(F)(F)F. The lowest BCUT2D eigenvalue weighted by Gasteiger charge is -2.17. The number of nitrogens with zero attached hydrogens (tertiary/aromatic N) is 7. The third kappa shape index (κ3) is 5.69. The Kier molecular flexibility index (Phi) is 6.55. The fraction of sp³-hybridized carbons (Fsp3) is 0.444. The molecule has 4 heterocycles. The van der Waals surface area contributed by atoms with E-state index in [1.54, 1.807) is 0 Å². The summed E-state index contributed by atoms with van der Waals surface area (Å²) >= 11 is 0. The van der Waals surface area contributed by atoms with Crippen molar-refractivity contribution < 1.29 is 23.1 Å². The molecule has 0 saturated heterocycles. The maximum Gasteiger partial charge on any atom is 0.490 e. The number of halogens is 3. The van der Waals surface area contributed by atoms with Gasteiger partial charge in [-0.05, 0) is 18.6 Å². The molecule has 0 radical (unpaired) electrons. The van der Waals surface area contributed by atoms with Gasteiger partial charge in [0.15, 0.2) is 5.82 Å². The quantitative estimate of drug-likeness (QED) is 0.686. The van der Waals surface area contributed by atoms with E-state index in [0.29, 0.717) is 0 Å². The Morgan fingerprint density at radius 1 is 1.17 bits per heavy atom. The van der Waals surface area contributed by atoms with Crippen LogP contribution < -0.4 is 0 Å². The normalized spacial score (nSPS) is 14.5. The maximum atomic E-state index is 10.6. The van der Waals surface area contributed by atoms with E-state index in [1.165, 1.54) is 5.56 Å². The summed E-state index contributed by atoms with van der Waals surface area (Å²) in [5.41, 5.74) is 1.24. The number of hydrogen-bond donors (Lipinski definition) is 1. The molecule has 1 aliphatic heterocycles. The summed E-state index contributed by atoms with van der Waals surface area (Å²) in [5, 5.41) is 20.2. The molecule has 30 heavy (non-hydrogen) atoms. The molecule has 3 aromatic rings. The van der Waals surface area contributed by atoms with E-state index >= 15 is 0 Å². The zero-order valence-electron chi connectivity index (χ0n) is 16.3. The van der Waals surface area contributed by atoms with Gasteiger partial charge in [-0.25, -0.2) is 4.79 Å². The standard InChI is InChI=1S/C16H21N7.C2HF3O2/c1-20-10-14(9-17-20)11-22-7-4-8-23-15(18-19-16(23)13-22)12-21-5-2-3-6-21;3-2(4,5)1(6)7/h2-3,5-6,9-10H,4,7-8,11-13H2,1H3;(H,6,7). The fourth-order valence-corrected chi connectivity index (χ4v) is 3.18. The molecule has 4 rings (SSSR count). The van der Waals surface area contributed by atoms with Crippen LogP contribution in [-0.2, 0) is 38.0 Å². The van der Waals surface area contributed by atoms with Gasteiger partial charge in [-0.1, -0.05) is 0 Å². The molecule has 0 atom stereocenters. The molecule has 1 aliphatic rings. The van der Waals surface area contributed by atoms with Crippen molar-refractivity contribution in [2.24, 2.45) is 7.05 Å². The number of carbonyl (C=O) groups is 1. The summed E-state index contributed by atoms with van der Waals surface area (Å²) in [4.78, 5) is 11.3. The second kappa shape index (κ2) is 9.11. The molecule has 1 N–H and O–H groups in total. The topological polar surface area (TPSA) is 94.0 Å². The van der Waals surface area contributed by atoms with Crippen molar-refractivity contribution in [3.63, 3.8) is 0 Å². The van der Waals surface area contributed by atoms with Gasteiger partial charge in [-0.3, -0.25) is 9.58 Å². The molecule has 9 nitrogen and oxygen atoms in total. The fourth-order valence-electron chi connectivity index (χ4n) is 3.18. The van der Waals surface area contributed by atoms with Gasteiger partial charge in [0.1, 0.15) is 5.82 Å². The highest BCUT2D eigenvalue weighted by Crippen LogP contribution is 2.16. The zero-order chi connectivity index (χ0) is 21.7. The molecule has 0 spiro atoms. The zero-order valence-corrected chi connectivity index (χ0v) is 16.3. The Bertz CT molecular complexity index is 963. The Morgan fingerprint density at radius 2 is 1.87 bits per heavy atom. The minimum atomic E-state index is -5.08. The van der Waals surface area contributed by atoms with Crippen molar-refractivity contribution in [2.45, 2.75) is 38.8 Å². The van der Waals surface area contributed by atoms with E-state index in [-0.39, 0.29) is 0 Å². The van der Waals surface area contributed by atoms with Gasteiger partial charge in [-0.2, -0.15) is 18.3 Å². The smallest absolute Gasteiger partial charge is 0.475 e. The highest BCUT2D eigenvalue weighted by molar-refractivity contribution is 5.73. The summed E-state index contributed by atoms with van der Waals surface area (Å²) in [6, 6.07) is 4.07. The summed E-state index contributed by atoms with van der Waals surface area (Å²) in [6.07, 6.45) is 4.17. The van der Waals surface area contributed by atoms with E-state index in [1.807, 2.05) is 30.1 Å². The summed E-state index contributed by atoms with van der Waals surface area (Å²) in [5.74, 6) is -0.652. The second-order valence-corrected chi connectivity index (χ2v) is 6.93. The first kappa shape index (κ1) is 21.6. The van der Waals surface area contributed by atoms with Gasteiger partial charge in [-0.15, -0.1) is 10.2 Å². The monoisotopic (exact) mass is 425 g/mol. The van der Waals surface area contributed by atoms with Gasteiger partial charge in [0.2, 0.25) is 0 Å². The number of hydrogen-bond acceptors (Lipinski definition) is 5. The number of carboxylic acid groups (broad SMARTS) is 1. The lowest BCUT2D eigenvalue weighted by atomic mass is 10.3. The third-order valence-electron chi connectivity index (χ3n) is 4.52. The molecule has 0 unspecified atom stereocenters. The van der Waals surface area contributed by atoms with Crippen molar-refractivity contribution in [1.29, 1.82) is 0 Å². The first-order valence-corrected chi connectivity index (χ1v) is 9.24. The number of carboxylic acids is 1. The summed E-state index contributed by atoms with van der Waals surface area (Å²) in [6.45, 7) is 4.59. The third-order valence-corrected chi connectivity index (χ3v) is 4.52. The van der Waals surface area contributed by atoms with Crippen LogP contribution in [0.4, 0.5) is 13.2 Å². The molecule has 0 aliphatic carbocycles. The van der Waals surface area contributed by atoms with Crippen LogP contribution in [-0.4, -0.2) is 57.8 Å². The van der Waals surface area contributed by atoms with E-state index in [2.05, 4.69) is 47.9 Å². The van der Waals surface area contributed by atoms with Crippen LogP contribution in [0.15, 0.2) is 36.9 Å². The maximum absolute atomic E-state index is 10.6. The van der Waals surface area contributed by atoms with Crippen LogP contribution in [0.25, 0.3) is 0 Å². The first-order chi connectivity index (χ1) is 14.2. The van der Waals surface area contributed by atoms with Crippen molar-refractivity contribution in [1.82, 2.24) is 34.0 Å². The molecule has 0 amide bonds. The van der Waals surface area contributed by atoms with Crippen molar-refractivity contribution >= 4 is 5.97 Å². The number of aliphatic carboxylic acids is 1. The average Bonchev–Trinajstić information content (AvgIpc) is 3.37. The highest BCUT2D eigenvalue weighted by Gasteiger charge is 2.38. The average molecular weight is 425 g/mol. The lowest BCUT2D eigenvalue weighted by molar-refractivity contribution is -0.192. The predicted octanol–water partition coefficient (Wildman–Crippen LogP) is 1.90. The van der Waals surface area contributed by atoms with Gasteiger partial charge in [0, 0.05) is 50.8 Å². The molecule has 0 fully saturated rings. The van der Waals surface area contributed by atoms with E-state index in [4.69, 9.17) is 9.90 Å². The molecular weight excluding hydrogens is 403 g/mol. The van der Waals surface area contributed by atoms with Crippen LogP contribution in [0.5, 0.6) is 0 Å². The van der Waals surface area contributed by atoms with Crippen molar-refractivity contribution in [3.8, 4) is 0 Å². The molecule has 0 bridgehead atoms. The van der Waals surface area contributed by atoms with E-state index in [9.17, 15) is 13.2 Å². The van der Waals surface area contributed by atoms with Gasteiger partial charge in [0.25, 0.3) is 0 Å². The van der Waals surface area contributed by atoms with E-state index in [0.717, 1.165) is 50.8 Å². The molecule has 162 valence electrons. The number of fused-ring (bicyclic) bond motifs is 1. The second-order valence-electron chi connectivity index (χ2n) is 6.93. The molecular formula is C18H22F3N7O2. The van der Waals surface area contributed by atoms with Crippen LogP contribution >= 0.6 is 0 Å². The number of rotatable bonds is 4. The minimum absolute atomic E-state index is 0.780. The Morgan fingerprint density at radius 3 is 2.47 bits per heavy atom. The van der Waals surface area contributed by atoms with Crippen molar-refractivity contribution in [2.75, 3.05) is 6.54 Å². The predicted molar refractivity (Wildman–Crippen MR) is 99.2 cm³/mol. The molecule has 12 heteroatoms. The number of alkyl halides is 3. The Labute approximate surface area is 170 Å². The van der Waals surface area contributed by atoms with Crippen LogP contribution in [0.1, 0.15) is 23.6 Å². The molecule has 3 aromatic heterocycles. The van der Waals surface area contributed by atoms with E-state index < -0.39 is 12.1 Å². The highest BCUT2D eigenvalue weighted by atomic mass is 19.4.